The maximum Gasteiger partial charge on any atom is 0.269 e. The molecule has 0 saturated heterocycles. The van der Waals surface area contributed by atoms with Crippen molar-refractivity contribution in [2.75, 3.05) is 0 Å². The molecule has 2 aromatic rings. The van der Waals surface area contributed by atoms with Crippen molar-refractivity contribution in [3.63, 3.8) is 0 Å². The molecule has 0 N–H and O–H groups in total. The highest BCUT2D eigenvalue weighted by Crippen LogP contribution is 2.30. The lowest BCUT2D eigenvalue weighted by molar-refractivity contribution is -0.385. The van der Waals surface area contributed by atoms with Crippen LogP contribution >= 0.6 is 0 Å². The first kappa shape index (κ1) is 13.6. The largest absolute Gasteiger partial charge is 0.269 e. The molecular weight excluding hydrogens is 267 g/mol. The minimum Gasteiger partial charge on any atom is -0.258 e. The van der Waals surface area contributed by atoms with E-state index in [0.29, 0.717) is 0 Å². The number of alkyl halides is 1. The van der Waals surface area contributed by atoms with Gasteiger partial charge < -0.3 is 0 Å². The molecule has 20 heavy (non-hydrogen) atoms. The van der Waals surface area contributed by atoms with Crippen molar-refractivity contribution in [3.8, 4) is 0 Å². The first-order valence-electron chi connectivity index (χ1n) is 5.62. The summed E-state index contributed by atoms with van der Waals surface area (Å²) in [7, 11) is 0. The summed E-state index contributed by atoms with van der Waals surface area (Å²) in [5.41, 5.74) is -0.287. The van der Waals surface area contributed by atoms with Crippen molar-refractivity contribution >= 4 is 11.4 Å². The van der Waals surface area contributed by atoms with E-state index in [-0.39, 0.29) is 22.5 Å². The summed E-state index contributed by atoms with van der Waals surface area (Å²) < 4.78 is 14.3. The van der Waals surface area contributed by atoms with Crippen LogP contribution in [-0.2, 0) is 0 Å². The SMILES string of the molecule is O=[N+]([O-])c1cccc(C(F)c2cccc([N+](=O)[O-])c2)c1. The Morgan fingerprint density at radius 2 is 1.25 bits per heavy atom. The average Bonchev–Trinajstić information content (AvgIpc) is 2.46. The van der Waals surface area contributed by atoms with Crippen LogP contribution in [0.15, 0.2) is 48.5 Å². The van der Waals surface area contributed by atoms with Gasteiger partial charge in [0.2, 0.25) is 0 Å². The summed E-state index contributed by atoms with van der Waals surface area (Å²) in [5.74, 6) is 0. The fourth-order valence-electron chi connectivity index (χ4n) is 1.78. The maximum atomic E-state index is 14.3. The van der Waals surface area contributed by atoms with E-state index in [9.17, 15) is 24.6 Å². The molecule has 2 aromatic carbocycles. The van der Waals surface area contributed by atoms with Gasteiger partial charge in [0.1, 0.15) is 0 Å². The zero-order chi connectivity index (χ0) is 14.7. The third kappa shape index (κ3) is 2.77. The number of hydrogen-bond donors (Lipinski definition) is 0. The number of halogens is 1. The van der Waals surface area contributed by atoms with Crippen LogP contribution in [0, 0.1) is 20.2 Å². The van der Waals surface area contributed by atoms with Crippen molar-refractivity contribution < 1.29 is 14.2 Å². The van der Waals surface area contributed by atoms with Crippen molar-refractivity contribution in [3.05, 3.63) is 79.9 Å². The molecule has 0 radical (unpaired) electrons. The lowest BCUT2D eigenvalue weighted by atomic mass is 10.0. The van der Waals surface area contributed by atoms with Crippen LogP contribution in [0.1, 0.15) is 17.3 Å². The van der Waals surface area contributed by atoms with Crippen LogP contribution in [-0.4, -0.2) is 9.85 Å². The molecule has 102 valence electrons. The van der Waals surface area contributed by atoms with Crippen LogP contribution in [0.25, 0.3) is 0 Å². The fraction of sp³-hybridized carbons (Fsp3) is 0.0769. The van der Waals surface area contributed by atoms with Gasteiger partial charge in [-0.25, -0.2) is 4.39 Å². The van der Waals surface area contributed by atoms with Gasteiger partial charge in [0.25, 0.3) is 11.4 Å². The highest BCUT2D eigenvalue weighted by atomic mass is 19.1. The molecule has 0 bridgehead atoms. The molecule has 0 spiro atoms. The number of hydrogen-bond acceptors (Lipinski definition) is 4. The van der Waals surface area contributed by atoms with Crippen LogP contribution in [0.3, 0.4) is 0 Å². The predicted molar refractivity (Wildman–Crippen MR) is 69.1 cm³/mol. The highest BCUT2D eigenvalue weighted by molar-refractivity contribution is 5.42. The first-order chi connectivity index (χ1) is 9.49. The van der Waals surface area contributed by atoms with Crippen molar-refractivity contribution in [1.29, 1.82) is 0 Å². The summed E-state index contributed by atoms with van der Waals surface area (Å²) >= 11 is 0. The molecule has 0 fully saturated rings. The third-order valence-electron chi connectivity index (χ3n) is 2.75. The molecule has 6 nitrogen and oxygen atoms in total. The molecular formula is C13H9FN2O4. The van der Waals surface area contributed by atoms with Crippen LogP contribution in [0.4, 0.5) is 15.8 Å². The predicted octanol–water partition coefficient (Wildman–Crippen LogP) is 3.56. The molecule has 0 unspecified atom stereocenters. The summed E-state index contributed by atoms with van der Waals surface area (Å²) in [6.45, 7) is 0. The number of nitrogens with zero attached hydrogens (tertiary/aromatic N) is 2. The number of non-ortho nitro benzene ring substituents is 2. The Morgan fingerprint density at radius 3 is 1.60 bits per heavy atom. The lowest BCUT2D eigenvalue weighted by Gasteiger charge is -2.08. The molecule has 0 aliphatic carbocycles. The first-order valence-corrected chi connectivity index (χ1v) is 5.62. The molecule has 0 heterocycles. The van der Waals surface area contributed by atoms with E-state index in [4.69, 9.17) is 0 Å². The Morgan fingerprint density at radius 1 is 0.850 bits per heavy atom. The quantitative estimate of drug-likeness (QED) is 0.631. The normalized spacial score (nSPS) is 10.5. The zero-order valence-corrected chi connectivity index (χ0v) is 10.1. The van der Waals surface area contributed by atoms with Gasteiger partial charge in [-0.1, -0.05) is 24.3 Å². The Balaban J connectivity index is 2.38. The van der Waals surface area contributed by atoms with Gasteiger partial charge in [0.05, 0.1) is 9.85 Å². The molecule has 0 amide bonds. The third-order valence-corrected chi connectivity index (χ3v) is 2.75. The van der Waals surface area contributed by atoms with E-state index in [1.807, 2.05) is 0 Å². The second-order valence-electron chi connectivity index (χ2n) is 4.07. The van der Waals surface area contributed by atoms with Crippen molar-refractivity contribution in [1.82, 2.24) is 0 Å². The van der Waals surface area contributed by atoms with Gasteiger partial charge in [-0.15, -0.1) is 0 Å². The van der Waals surface area contributed by atoms with E-state index in [2.05, 4.69) is 0 Å². The molecule has 0 atom stereocenters. The molecule has 0 aliphatic heterocycles. The smallest absolute Gasteiger partial charge is 0.258 e. The Hall–Kier alpha value is -2.83. The monoisotopic (exact) mass is 276 g/mol. The summed E-state index contributed by atoms with van der Waals surface area (Å²) in [6, 6.07) is 10.3. The maximum absolute atomic E-state index is 14.3. The molecule has 0 aliphatic rings. The number of nitro benzene ring substituents is 2. The second kappa shape index (κ2) is 5.43. The molecule has 0 aromatic heterocycles. The molecule has 2 rings (SSSR count). The Kier molecular flexibility index (Phi) is 3.69. The molecule has 7 heteroatoms. The van der Waals surface area contributed by atoms with E-state index in [1.165, 1.54) is 36.4 Å². The second-order valence-corrected chi connectivity index (χ2v) is 4.07. The average molecular weight is 276 g/mol. The van der Waals surface area contributed by atoms with Gasteiger partial charge in [-0.3, -0.25) is 20.2 Å². The lowest BCUT2D eigenvalue weighted by Crippen LogP contribution is -1.97. The van der Waals surface area contributed by atoms with E-state index in [0.717, 1.165) is 12.1 Å². The highest BCUT2D eigenvalue weighted by Gasteiger charge is 2.18. The van der Waals surface area contributed by atoms with Gasteiger partial charge in [0, 0.05) is 24.3 Å². The van der Waals surface area contributed by atoms with E-state index < -0.39 is 16.0 Å². The van der Waals surface area contributed by atoms with Crippen molar-refractivity contribution in [2.45, 2.75) is 6.17 Å². The van der Waals surface area contributed by atoms with Crippen molar-refractivity contribution in [2.24, 2.45) is 0 Å². The standard InChI is InChI=1S/C13H9FN2O4/c14-13(9-3-1-5-11(7-9)15(17)18)10-4-2-6-12(8-10)16(19)20/h1-8,13H. The van der Waals surface area contributed by atoms with Crippen LogP contribution in [0.5, 0.6) is 0 Å². The number of rotatable bonds is 4. The summed E-state index contributed by atoms with van der Waals surface area (Å²) in [5, 5.41) is 21.3. The topological polar surface area (TPSA) is 86.3 Å². The summed E-state index contributed by atoms with van der Waals surface area (Å²) in [4.78, 5) is 20.1. The van der Waals surface area contributed by atoms with E-state index >= 15 is 0 Å². The zero-order valence-electron chi connectivity index (χ0n) is 10.1. The van der Waals surface area contributed by atoms with Crippen LogP contribution < -0.4 is 0 Å². The Labute approximate surface area is 112 Å². The minimum atomic E-state index is -1.66. The van der Waals surface area contributed by atoms with Gasteiger partial charge >= 0.3 is 0 Å². The number of benzene rings is 2. The van der Waals surface area contributed by atoms with E-state index in [1.54, 1.807) is 0 Å². The van der Waals surface area contributed by atoms with Gasteiger partial charge in [-0.05, 0) is 11.1 Å². The van der Waals surface area contributed by atoms with Crippen LogP contribution in [0.2, 0.25) is 0 Å². The van der Waals surface area contributed by atoms with Gasteiger partial charge in [-0.2, -0.15) is 0 Å². The fourth-order valence-corrected chi connectivity index (χ4v) is 1.78. The minimum absolute atomic E-state index is 0.0831. The number of nitro groups is 2. The van der Waals surface area contributed by atoms with Gasteiger partial charge in [0.15, 0.2) is 6.17 Å². The Bertz CT molecular complexity index is 617. The molecule has 0 saturated carbocycles. The summed E-state index contributed by atoms with van der Waals surface area (Å²) in [6.07, 6.45) is -1.66.